The van der Waals surface area contributed by atoms with Crippen molar-refractivity contribution in [2.75, 3.05) is 39.2 Å². The summed E-state index contributed by atoms with van der Waals surface area (Å²) in [5, 5.41) is 11.0. The van der Waals surface area contributed by atoms with E-state index in [2.05, 4.69) is 37.7 Å². The molecule has 122 valence electrons. The van der Waals surface area contributed by atoms with Crippen molar-refractivity contribution >= 4 is 11.4 Å². The van der Waals surface area contributed by atoms with Crippen LogP contribution in [0.5, 0.6) is 5.75 Å². The van der Waals surface area contributed by atoms with E-state index in [4.69, 9.17) is 4.74 Å². The molecule has 1 saturated heterocycles. The zero-order chi connectivity index (χ0) is 16.5. The predicted molar refractivity (Wildman–Crippen MR) is 87.7 cm³/mol. The van der Waals surface area contributed by atoms with Crippen molar-refractivity contribution in [3.63, 3.8) is 0 Å². The Kier molecular flexibility index (Phi) is 4.60. The predicted octanol–water partition coefficient (Wildman–Crippen LogP) is 2.77. The van der Waals surface area contributed by atoms with Gasteiger partial charge in [-0.2, -0.15) is 0 Å². The fourth-order valence-electron chi connectivity index (χ4n) is 3.54. The van der Waals surface area contributed by atoms with Gasteiger partial charge in [0.2, 0.25) is 0 Å². The fourth-order valence-corrected chi connectivity index (χ4v) is 3.54. The first-order chi connectivity index (χ1) is 10.3. The van der Waals surface area contributed by atoms with Gasteiger partial charge >= 0.3 is 5.69 Å². The monoisotopic (exact) mass is 307 g/mol. The summed E-state index contributed by atoms with van der Waals surface area (Å²) in [5.74, 6) is 0.315. The van der Waals surface area contributed by atoms with Gasteiger partial charge in [-0.25, -0.2) is 0 Å². The zero-order valence-electron chi connectivity index (χ0n) is 14.0. The van der Waals surface area contributed by atoms with Crippen LogP contribution < -0.4 is 9.64 Å². The lowest BCUT2D eigenvalue weighted by molar-refractivity contribution is -0.385. The molecule has 0 aromatic heterocycles. The Morgan fingerprint density at radius 1 is 1.41 bits per heavy atom. The average molecular weight is 307 g/mol. The van der Waals surface area contributed by atoms with Crippen LogP contribution in [-0.2, 0) is 0 Å². The molecule has 0 N–H and O–H groups in total. The highest BCUT2D eigenvalue weighted by Gasteiger charge is 2.37. The maximum absolute atomic E-state index is 11.0. The molecule has 1 aliphatic rings. The third-order valence-electron chi connectivity index (χ3n) is 4.52. The van der Waals surface area contributed by atoms with Crippen LogP contribution in [-0.4, -0.2) is 50.2 Å². The number of rotatable bonds is 4. The van der Waals surface area contributed by atoms with Crippen molar-refractivity contribution in [2.24, 2.45) is 5.41 Å². The van der Waals surface area contributed by atoms with Crippen LogP contribution >= 0.6 is 0 Å². The maximum Gasteiger partial charge on any atom is 0.311 e. The van der Waals surface area contributed by atoms with E-state index in [0.29, 0.717) is 11.8 Å². The van der Waals surface area contributed by atoms with Crippen LogP contribution in [0.3, 0.4) is 0 Å². The summed E-state index contributed by atoms with van der Waals surface area (Å²) < 4.78 is 5.17. The van der Waals surface area contributed by atoms with Crippen molar-refractivity contribution in [2.45, 2.75) is 26.3 Å². The lowest BCUT2D eigenvalue weighted by Crippen LogP contribution is -2.54. The number of ether oxygens (including phenoxy) is 1. The summed E-state index contributed by atoms with van der Waals surface area (Å²) in [5.41, 5.74) is 1.14. The largest absolute Gasteiger partial charge is 0.490 e. The van der Waals surface area contributed by atoms with Gasteiger partial charge in [-0.3, -0.25) is 10.1 Å². The molecule has 1 fully saturated rings. The molecule has 0 radical (unpaired) electrons. The Balaban J connectivity index is 2.25. The smallest absolute Gasteiger partial charge is 0.311 e. The lowest BCUT2D eigenvalue weighted by atomic mass is 9.78. The summed E-state index contributed by atoms with van der Waals surface area (Å²) in [4.78, 5) is 15.2. The molecular formula is C16H25N3O3. The SMILES string of the molecule is COc1cc(N2CCC(N(C)C)C(C)(C)C2)ccc1[N+](=O)[O-]. The Morgan fingerprint density at radius 3 is 2.59 bits per heavy atom. The first kappa shape index (κ1) is 16.5. The number of nitro groups is 1. The number of hydrogen-bond acceptors (Lipinski definition) is 5. The Labute approximate surface area is 131 Å². The fraction of sp³-hybridized carbons (Fsp3) is 0.625. The van der Waals surface area contributed by atoms with Gasteiger partial charge in [-0.15, -0.1) is 0 Å². The van der Waals surface area contributed by atoms with E-state index in [0.717, 1.165) is 25.2 Å². The molecule has 0 bridgehead atoms. The summed E-state index contributed by atoms with van der Waals surface area (Å²) in [7, 11) is 5.71. The van der Waals surface area contributed by atoms with Crippen LogP contribution in [0.25, 0.3) is 0 Å². The highest BCUT2D eigenvalue weighted by molar-refractivity contribution is 5.59. The molecule has 0 aliphatic carbocycles. The number of methoxy groups -OCH3 is 1. The van der Waals surface area contributed by atoms with Gasteiger partial charge in [0.15, 0.2) is 5.75 Å². The number of nitro benzene ring substituents is 1. The van der Waals surface area contributed by atoms with Gasteiger partial charge in [0.25, 0.3) is 0 Å². The summed E-state index contributed by atoms with van der Waals surface area (Å²) in [6.07, 6.45) is 1.07. The van der Waals surface area contributed by atoms with E-state index in [-0.39, 0.29) is 11.1 Å². The Hall–Kier alpha value is -1.82. The van der Waals surface area contributed by atoms with Gasteiger partial charge in [-0.05, 0) is 32.0 Å². The summed E-state index contributed by atoms with van der Waals surface area (Å²) in [6, 6.07) is 5.64. The van der Waals surface area contributed by atoms with Gasteiger partial charge in [0.1, 0.15) is 0 Å². The van der Waals surface area contributed by atoms with E-state index in [1.165, 1.54) is 13.2 Å². The molecule has 6 nitrogen and oxygen atoms in total. The Bertz CT molecular complexity index is 558. The standard InChI is InChI=1S/C16H25N3O3/c1-16(2)11-18(9-8-15(16)17(3)4)12-6-7-13(19(20)21)14(10-12)22-5/h6-7,10,15H,8-9,11H2,1-5H3. The number of hydrogen-bond donors (Lipinski definition) is 0. The van der Waals surface area contributed by atoms with E-state index < -0.39 is 4.92 Å². The van der Waals surface area contributed by atoms with E-state index >= 15 is 0 Å². The highest BCUT2D eigenvalue weighted by atomic mass is 16.6. The van der Waals surface area contributed by atoms with Crippen LogP contribution in [0.2, 0.25) is 0 Å². The molecule has 6 heteroatoms. The molecule has 0 spiro atoms. The minimum atomic E-state index is -0.412. The number of anilines is 1. The lowest BCUT2D eigenvalue weighted by Gasteiger charge is -2.47. The molecule has 22 heavy (non-hydrogen) atoms. The first-order valence-corrected chi connectivity index (χ1v) is 7.50. The zero-order valence-corrected chi connectivity index (χ0v) is 14.0. The second kappa shape index (κ2) is 6.12. The van der Waals surface area contributed by atoms with E-state index in [1.807, 2.05) is 6.07 Å². The molecule has 1 heterocycles. The average Bonchev–Trinajstić information content (AvgIpc) is 2.44. The van der Waals surface area contributed by atoms with Crippen molar-refractivity contribution in [3.05, 3.63) is 28.3 Å². The quantitative estimate of drug-likeness (QED) is 0.632. The van der Waals surface area contributed by atoms with Gasteiger partial charge in [0, 0.05) is 37.0 Å². The van der Waals surface area contributed by atoms with Gasteiger partial charge < -0.3 is 14.5 Å². The van der Waals surface area contributed by atoms with Crippen LogP contribution in [0.4, 0.5) is 11.4 Å². The van der Waals surface area contributed by atoms with Gasteiger partial charge in [-0.1, -0.05) is 13.8 Å². The summed E-state index contributed by atoms with van der Waals surface area (Å²) in [6.45, 7) is 6.39. The minimum Gasteiger partial charge on any atom is -0.490 e. The molecule has 2 rings (SSSR count). The molecule has 1 aromatic carbocycles. The van der Waals surface area contributed by atoms with Crippen LogP contribution in [0, 0.1) is 15.5 Å². The molecule has 0 saturated carbocycles. The molecule has 0 amide bonds. The summed E-state index contributed by atoms with van der Waals surface area (Å²) >= 11 is 0. The third kappa shape index (κ3) is 3.16. The van der Waals surface area contributed by atoms with Gasteiger partial charge in [0.05, 0.1) is 12.0 Å². The van der Waals surface area contributed by atoms with Crippen molar-refractivity contribution < 1.29 is 9.66 Å². The molecule has 1 aromatic rings. The Morgan fingerprint density at radius 2 is 2.09 bits per heavy atom. The first-order valence-electron chi connectivity index (χ1n) is 7.50. The second-order valence-corrected chi connectivity index (χ2v) is 6.79. The molecule has 1 atom stereocenters. The number of benzene rings is 1. The molecular weight excluding hydrogens is 282 g/mol. The number of piperidine rings is 1. The van der Waals surface area contributed by atoms with Crippen LogP contribution in [0.1, 0.15) is 20.3 Å². The second-order valence-electron chi connectivity index (χ2n) is 6.79. The van der Waals surface area contributed by atoms with E-state index in [9.17, 15) is 10.1 Å². The van der Waals surface area contributed by atoms with Crippen molar-refractivity contribution in [3.8, 4) is 5.75 Å². The van der Waals surface area contributed by atoms with E-state index in [1.54, 1.807) is 6.07 Å². The maximum atomic E-state index is 11.0. The molecule has 1 aliphatic heterocycles. The molecule has 1 unspecified atom stereocenters. The van der Waals surface area contributed by atoms with Crippen LogP contribution in [0.15, 0.2) is 18.2 Å². The highest BCUT2D eigenvalue weighted by Crippen LogP contribution is 2.37. The third-order valence-corrected chi connectivity index (χ3v) is 4.52. The normalized spacial score (nSPS) is 21.0. The van der Waals surface area contributed by atoms with Crippen molar-refractivity contribution in [1.29, 1.82) is 0 Å². The number of nitrogens with zero attached hydrogens (tertiary/aromatic N) is 3. The minimum absolute atomic E-state index is 0.00804. The van der Waals surface area contributed by atoms with Crippen molar-refractivity contribution in [1.82, 2.24) is 4.90 Å². The topological polar surface area (TPSA) is 58.8 Å².